The molecule has 2 fully saturated rings. The average molecular weight is 479 g/mol. The lowest BCUT2D eigenvalue weighted by molar-refractivity contribution is -0.0597. The van der Waals surface area contributed by atoms with Crippen molar-refractivity contribution in [1.82, 2.24) is 9.80 Å². The summed E-state index contributed by atoms with van der Waals surface area (Å²) >= 11 is 0. The van der Waals surface area contributed by atoms with E-state index in [1.54, 1.807) is 31.1 Å². The number of piperidine rings is 1. The smallest absolute Gasteiger partial charge is 0.410 e. The minimum atomic E-state index is -0.293. The van der Waals surface area contributed by atoms with Gasteiger partial charge in [-0.1, -0.05) is 13.8 Å². The van der Waals surface area contributed by atoms with E-state index in [0.717, 1.165) is 6.42 Å². The molecule has 2 saturated heterocycles. The Morgan fingerprint density at radius 2 is 1.33 bits per heavy atom. The maximum absolute atomic E-state index is 11.7. The number of carbonyl (C=O) groups is 2. The number of amides is 2. The molecule has 0 saturated carbocycles. The molecule has 2 heterocycles. The lowest BCUT2D eigenvalue weighted by Gasteiger charge is -2.36. The van der Waals surface area contributed by atoms with Crippen LogP contribution in [0.3, 0.4) is 0 Å². The van der Waals surface area contributed by atoms with Crippen molar-refractivity contribution in [2.75, 3.05) is 60.7 Å². The monoisotopic (exact) mass is 478 g/mol. The summed E-state index contributed by atoms with van der Waals surface area (Å²) in [5, 5.41) is 0. The van der Waals surface area contributed by atoms with Crippen LogP contribution >= 0.6 is 0 Å². The Kier molecular flexibility index (Phi) is 16.9. The van der Waals surface area contributed by atoms with Gasteiger partial charge >= 0.3 is 12.2 Å². The zero-order valence-corrected chi connectivity index (χ0v) is 22.0. The van der Waals surface area contributed by atoms with Crippen LogP contribution in [0.15, 0.2) is 0 Å². The maximum Gasteiger partial charge on any atom is 0.410 e. The van der Waals surface area contributed by atoms with Crippen molar-refractivity contribution < 1.29 is 38.0 Å². The highest BCUT2D eigenvalue weighted by atomic mass is 16.6. The first-order valence-corrected chi connectivity index (χ1v) is 11.8. The summed E-state index contributed by atoms with van der Waals surface area (Å²) in [5.74, 6) is 0. The van der Waals surface area contributed by atoms with Gasteiger partial charge in [0, 0.05) is 34.3 Å². The summed E-state index contributed by atoms with van der Waals surface area (Å²) in [4.78, 5) is 26.6. The van der Waals surface area contributed by atoms with E-state index < -0.39 is 0 Å². The Morgan fingerprint density at radius 1 is 0.848 bits per heavy atom. The van der Waals surface area contributed by atoms with Crippen molar-refractivity contribution >= 4 is 12.2 Å². The van der Waals surface area contributed by atoms with Crippen molar-refractivity contribution in [3.05, 3.63) is 0 Å². The van der Waals surface area contributed by atoms with Crippen LogP contribution in [0.1, 0.15) is 48.0 Å². The molecule has 0 spiro atoms. The van der Waals surface area contributed by atoms with E-state index in [2.05, 4.69) is 0 Å². The SMILES string of the molecule is CC.COC1CC(OC)CN(C(=O)OC(C)C)C1.COCC1CN(C(=O)OC(C)C)CCO1. The minimum Gasteiger partial charge on any atom is -0.447 e. The number of nitrogens with zero attached hydrogens (tertiary/aromatic N) is 2. The van der Waals surface area contributed by atoms with E-state index in [-0.39, 0.29) is 42.7 Å². The number of methoxy groups -OCH3 is 3. The molecule has 2 aliphatic heterocycles. The number of carbonyl (C=O) groups excluding carboxylic acids is 2. The Hall–Kier alpha value is -1.62. The van der Waals surface area contributed by atoms with Gasteiger partial charge in [-0.15, -0.1) is 0 Å². The number of rotatable bonds is 6. The molecule has 0 aliphatic carbocycles. The maximum atomic E-state index is 11.7. The number of morpholine rings is 1. The summed E-state index contributed by atoms with van der Waals surface area (Å²) in [7, 11) is 4.91. The lowest BCUT2D eigenvalue weighted by Crippen LogP contribution is -2.50. The van der Waals surface area contributed by atoms with E-state index in [1.165, 1.54) is 0 Å². The van der Waals surface area contributed by atoms with Gasteiger partial charge in [-0.2, -0.15) is 0 Å². The fourth-order valence-corrected chi connectivity index (χ4v) is 3.22. The van der Waals surface area contributed by atoms with Gasteiger partial charge in [-0.25, -0.2) is 9.59 Å². The van der Waals surface area contributed by atoms with E-state index >= 15 is 0 Å². The lowest BCUT2D eigenvalue weighted by atomic mass is 10.1. The van der Waals surface area contributed by atoms with Crippen LogP contribution in [0, 0.1) is 0 Å². The van der Waals surface area contributed by atoms with Gasteiger partial charge in [0.1, 0.15) is 0 Å². The third-order valence-electron chi connectivity index (χ3n) is 4.72. The molecule has 33 heavy (non-hydrogen) atoms. The predicted molar refractivity (Wildman–Crippen MR) is 126 cm³/mol. The van der Waals surface area contributed by atoms with E-state index in [0.29, 0.717) is 39.4 Å². The van der Waals surface area contributed by atoms with Crippen molar-refractivity contribution in [3.63, 3.8) is 0 Å². The average Bonchev–Trinajstić information content (AvgIpc) is 2.80. The van der Waals surface area contributed by atoms with Gasteiger partial charge in [0.05, 0.1) is 63.4 Å². The van der Waals surface area contributed by atoms with Gasteiger partial charge in [0.2, 0.25) is 0 Å². The normalized spacial score (nSPS) is 22.7. The predicted octanol–water partition coefficient (Wildman–Crippen LogP) is 3.17. The molecule has 2 amide bonds. The first kappa shape index (κ1) is 31.4. The van der Waals surface area contributed by atoms with E-state index in [4.69, 9.17) is 28.4 Å². The second-order valence-electron chi connectivity index (χ2n) is 8.12. The molecular weight excluding hydrogens is 432 g/mol. The van der Waals surface area contributed by atoms with Gasteiger partial charge in [-0.05, 0) is 27.7 Å². The molecule has 10 heteroatoms. The molecule has 3 unspecified atom stereocenters. The standard InChI is InChI=1S/C11H21NO4.C10H19NO4.C2H6/c1-8(2)16-11(13)12-6-9(14-3)5-10(7-12)15-4;1-8(2)15-10(12)11-4-5-14-9(6-11)7-13-3;1-2/h8-10H,5-7H2,1-4H3;8-9H,4-7H2,1-3H3;1-2H3. The molecule has 196 valence electrons. The molecule has 0 aromatic heterocycles. The summed E-state index contributed by atoms with van der Waals surface area (Å²) in [6.45, 7) is 14.7. The van der Waals surface area contributed by atoms with Gasteiger partial charge in [0.25, 0.3) is 0 Å². The highest BCUT2D eigenvalue weighted by molar-refractivity contribution is 5.68. The minimum absolute atomic E-state index is 0.0263. The molecule has 0 aromatic rings. The zero-order valence-electron chi connectivity index (χ0n) is 22.0. The summed E-state index contributed by atoms with van der Waals surface area (Å²) in [6, 6.07) is 0. The Bertz CT molecular complexity index is 519. The highest BCUT2D eigenvalue weighted by Crippen LogP contribution is 2.16. The molecule has 2 aliphatic rings. The summed E-state index contributed by atoms with van der Waals surface area (Å²) in [6.07, 6.45) is 0.0875. The zero-order chi connectivity index (χ0) is 25.4. The van der Waals surface area contributed by atoms with Crippen LogP contribution in [0.5, 0.6) is 0 Å². The van der Waals surface area contributed by atoms with Crippen LogP contribution in [-0.4, -0.2) is 113 Å². The van der Waals surface area contributed by atoms with Crippen molar-refractivity contribution in [3.8, 4) is 0 Å². The molecule has 10 nitrogen and oxygen atoms in total. The van der Waals surface area contributed by atoms with Gasteiger partial charge in [-0.3, -0.25) is 0 Å². The molecule has 0 N–H and O–H groups in total. The topological polar surface area (TPSA) is 96.0 Å². The summed E-state index contributed by atoms with van der Waals surface area (Å²) in [5.41, 5.74) is 0. The Morgan fingerprint density at radius 3 is 1.76 bits per heavy atom. The van der Waals surface area contributed by atoms with Gasteiger partial charge < -0.3 is 38.2 Å². The Labute approximate surface area is 199 Å². The third kappa shape index (κ3) is 13.0. The molecular formula is C23H46N2O8. The largest absolute Gasteiger partial charge is 0.447 e. The van der Waals surface area contributed by atoms with Crippen LogP contribution < -0.4 is 0 Å². The fraction of sp³-hybridized carbons (Fsp3) is 0.913. The first-order chi connectivity index (χ1) is 15.7. The molecule has 0 radical (unpaired) electrons. The highest BCUT2D eigenvalue weighted by Gasteiger charge is 2.31. The van der Waals surface area contributed by atoms with Crippen LogP contribution in [0.2, 0.25) is 0 Å². The number of hydrogen-bond donors (Lipinski definition) is 0. The van der Waals surface area contributed by atoms with Crippen molar-refractivity contribution in [1.29, 1.82) is 0 Å². The van der Waals surface area contributed by atoms with Gasteiger partial charge in [0.15, 0.2) is 0 Å². The molecule has 0 aromatic carbocycles. The van der Waals surface area contributed by atoms with Crippen LogP contribution in [0.4, 0.5) is 9.59 Å². The quantitative estimate of drug-likeness (QED) is 0.574. The van der Waals surface area contributed by atoms with Crippen molar-refractivity contribution in [2.24, 2.45) is 0 Å². The molecule has 3 atom stereocenters. The number of hydrogen-bond acceptors (Lipinski definition) is 8. The molecule has 2 rings (SSSR count). The molecule has 0 bridgehead atoms. The third-order valence-corrected chi connectivity index (χ3v) is 4.72. The fourth-order valence-electron chi connectivity index (χ4n) is 3.22. The van der Waals surface area contributed by atoms with Crippen LogP contribution in [-0.2, 0) is 28.4 Å². The summed E-state index contributed by atoms with van der Waals surface area (Å²) < 4.78 is 31.2. The van der Waals surface area contributed by atoms with E-state index in [1.807, 2.05) is 41.5 Å². The van der Waals surface area contributed by atoms with E-state index in [9.17, 15) is 9.59 Å². The second-order valence-corrected chi connectivity index (χ2v) is 8.12. The Balaban J connectivity index is 0.000000578. The van der Waals surface area contributed by atoms with Crippen LogP contribution in [0.25, 0.3) is 0 Å². The number of ether oxygens (including phenoxy) is 6. The van der Waals surface area contributed by atoms with Crippen molar-refractivity contribution in [2.45, 2.75) is 78.5 Å². The first-order valence-electron chi connectivity index (χ1n) is 11.8. The second kappa shape index (κ2) is 17.8. The number of likely N-dealkylation sites (tertiary alicyclic amines) is 1.